The Labute approximate surface area is 253 Å². The molecule has 3 amide bonds. The predicted molar refractivity (Wildman–Crippen MR) is 166 cm³/mol. The van der Waals surface area contributed by atoms with Gasteiger partial charge in [0.25, 0.3) is 5.91 Å². The van der Waals surface area contributed by atoms with Gasteiger partial charge in [0.15, 0.2) is 6.29 Å². The van der Waals surface area contributed by atoms with Gasteiger partial charge in [0.1, 0.15) is 6.29 Å². The Bertz CT molecular complexity index is 1300. The minimum atomic E-state index is -0.772. The molecule has 230 valence electrons. The third kappa shape index (κ3) is 7.98. The van der Waals surface area contributed by atoms with Crippen LogP contribution >= 0.6 is 0 Å². The number of piperidine rings is 1. The molecule has 0 spiro atoms. The van der Waals surface area contributed by atoms with Crippen LogP contribution in [0.25, 0.3) is 0 Å². The van der Waals surface area contributed by atoms with Crippen molar-refractivity contribution in [2.45, 2.75) is 31.7 Å². The van der Waals surface area contributed by atoms with Crippen LogP contribution < -0.4 is 20.9 Å². The predicted octanol–water partition coefficient (Wildman–Crippen LogP) is 1.80. The molecule has 1 atom stereocenters. The highest BCUT2D eigenvalue weighted by molar-refractivity contribution is 6.03. The summed E-state index contributed by atoms with van der Waals surface area (Å²) in [7, 11) is 3.05. The summed E-state index contributed by atoms with van der Waals surface area (Å²) < 4.78 is 0. The van der Waals surface area contributed by atoms with Crippen LogP contribution in [0.2, 0.25) is 0 Å². The first-order valence-electron chi connectivity index (χ1n) is 14.9. The third-order valence-electron chi connectivity index (χ3n) is 8.70. The summed E-state index contributed by atoms with van der Waals surface area (Å²) in [6, 6.07) is 12.0. The summed E-state index contributed by atoms with van der Waals surface area (Å²) in [6.45, 7) is 6.41. The van der Waals surface area contributed by atoms with Gasteiger partial charge < -0.3 is 30.5 Å². The van der Waals surface area contributed by atoms with Crippen LogP contribution in [0.15, 0.2) is 42.5 Å². The van der Waals surface area contributed by atoms with E-state index in [-0.39, 0.29) is 29.9 Å². The lowest BCUT2D eigenvalue weighted by atomic mass is 9.95. The average molecular weight is 591 g/mol. The molecule has 2 heterocycles. The largest absolute Gasteiger partial charge is 0.372 e. The molecule has 11 heteroatoms. The topological polar surface area (TPSA) is 136 Å². The first-order valence-corrected chi connectivity index (χ1v) is 14.9. The molecule has 2 aromatic rings. The quantitative estimate of drug-likeness (QED) is 0.357. The Balaban J connectivity index is 1.30. The normalized spacial score (nSPS) is 16.8. The number of nitrogens with one attached hydrogen (secondary N) is 1. The fourth-order valence-corrected chi connectivity index (χ4v) is 5.89. The average Bonchev–Trinajstić information content (AvgIpc) is 3.04. The minimum Gasteiger partial charge on any atom is -0.372 e. The van der Waals surface area contributed by atoms with Crippen molar-refractivity contribution in [2.75, 3.05) is 69.7 Å². The zero-order valence-corrected chi connectivity index (χ0v) is 25.0. The van der Waals surface area contributed by atoms with Crippen molar-refractivity contribution in [2.24, 2.45) is 11.7 Å². The van der Waals surface area contributed by atoms with Crippen molar-refractivity contribution in [1.82, 2.24) is 15.1 Å². The van der Waals surface area contributed by atoms with E-state index in [0.717, 1.165) is 70.0 Å². The number of aldehydes is 2. The van der Waals surface area contributed by atoms with Gasteiger partial charge in [-0.25, -0.2) is 0 Å². The second kappa shape index (κ2) is 14.8. The number of nitrogens with zero attached hydrogens (tertiary/aromatic N) is 4. The second-order valence-corrected chi connectivity index (χ2v) is 11.3. The molecule has 2 fully saturated rings. The Morgan fingerprint density at radius 1 is 0.953 bits per heavy atom. The maximum absolute atomic E-state index is 13.4. The number of hydrogen-bond donors (Lipinski definition) is 2. The summed E-state index contributed by atoms with van der Waals surface area (Å²) in [5, 5.41) is 2.52. The molecule has 2 aliphatic rings. The molecule has 11 nitrogen and oxygen atoms in total. The van der Waals surface area contributed by atoms with Gasteiger partial charge in [-0.15, -0.1) is 0 Å². The summed E-state index contributed by atoms with van der Waals surface area (Å²) in [5.74, 6) is -0.426. The number of primary amides is 1. The Morgan fingerprint density at radius 2 is 1.58 bits per heavy atom. The lowest BCUT2D eigenvalue weighted by Gasteiger charge is -2.40. The molecule has 2 saturated heterocycles. The lowest BCUT2D eigenvalue weighted by molar-refractivity contribution is -0.121. The van der Waals surface area contributed by atoms with Crippen LogP contribution in [0.3, 0.4) is 0 Å². The maximum Gasteiger partial charge on any atom is 0.255 e. The van der Waals surface area contributed by atoms with Crippen molar-refractivity contribution in [3.63, 3.8) is 0 Å². The van der Waals surface area contributed by atoms with Crippen LogP contribution in [0.4, 0.5) is 11.4 Å². The van der Waals surface area contributed by atoms with E-state index in [0.29, 0.717) is 24.1 Å². The van der Waals surface area contributed by atoms with E-state index in [4.69, 9.17) is 5.73 Å². The molecule has 0 bridgehead atoms. The van der Waals surface area contributed by atoms with E-state index in [1.807, 2.05) is 18.2 Å². The second-order valence-electron chi connectivity index (χ2n) is 11.3. The molecule has 3 N–H and O–H groups in total. The van der Waals surface area contributed by atoms with Crippen LogP contribution in [0.1, 0.15) is 56.8 Å². The number of piperazine rings is 1. The zero-order chi connectivity index (χ0) is 30.9. The van der Waals surface area contributed by atoms with Gasteiger partial charge in [0, 0.05) is 88.8 Å². The highest BCUT2D eigenvalue weighted by Gasteiger charge is 2.27. The third-order valence-corrected chi connectivity index (χ3v) is 8.70. The Kier molecular flexibility index (Phi) is 10.9. The van der Waals surface area contributed by atoms with E-state index < -0.39 is 17.9 Å². The molecule has 1 unspecified atom stereocenters. The van der Waals surface area contributed by atoms with Gasteiger partial charge in [-0.3, -0.25) is 24.1 Å². The van der Waals surface area contributed by atoms with Crippen LogP contribution in [0, 0.1) is 5.92 Å². The van der Waals surface area contributed by atoms with Gasteiger partial charge >= 0.3 is 0 Å². The monoisotopic (exact) mass is 590 g/mol. The van der Waals surface area contributed by atoms with E-state index in [1.54, 1.807) is 24.3 Å². The van der Waals surface area contributed by atoms with Gasteiger partial charge in [-0.05, 0) is 67.6 Å². The fraction of sp³-hybridized carbons (Fsp3) is 0.469. The lowest BCUT2D eigenvalue weighted by Crippen LogP contribution is -2.49. The van der Waals surface area contributed by atoms with E-state index in [9.17, 15) is 24.0 Å². The Morgan fingerprint density at radius 3 is 2.16 bits per heavy atom. The summed E-state index contributed by atoms with van der Waals surface area (Å²) >= 11 is 0. The number of nitrogens with two attached hydrogens (primary N) is 1. The van der Waals surface area contributed by atoms with Crippen LogP contribution in [-0.2, 0) is 9.59 Å². The first kappa shape index (κ1) is 31.7. The van der Waals surface area contributed by atoms with Crippen molar-refractivity contribution < 1.29 is 24.0 Å². The number of hydrogen-bond acceptors (Lipinski definition) is 8. The SMILES string of the molecule is CNC(=O)CCC(C=O)N(C)C(=O)c1cc(N2CCN(CC3CCN(c4ccc(C(N)=O)cc4)CC3)CC2)ccc1C=O. The van der Waals surface area contributed by atoms with E-state index in [1.165, 1.54) is 19.0 Å². The van der Waals surface area contributed by atoms with Gasteiger partial charge in [0.2, 0.25) is 11.8 Å². The molecular weight excluding hydrogens is 548 g/mol. The highest BCUT2D eigenvalue weighted by atomic mass is 16.2. The number of amides is 3. The number of likely N-dealkylation sites (N-methyl/N-ethyl adjacent to an activating group) is 1. The van der Waals surface area contributed by atoms with Crippen molar-refractivity contribution >= 4 is 41.7 Å². The van der Waals surface area contributed by atoms with Gasteiger partial charge in [0.05, 0.1) is 11.6 Å². The number of carbonyl (C=O) groups excluding carboxylic acids is 5. The number of benzene rings is 2. The smallest absolute Gasteiger partial charge is 0.255 e. The zero-order valence-electron chi connectivity index (χ0n) is 25.0. The number of carbonyl (C=O) groups is 5. The number of rotatable bonds is 12. The van der Waals surface area contributed by atoms with E-state index >= 15 is 0 Å². The van der Waals surface area contributed by atoms with Crippen molar-refractivity contribution in [3.05, 3.63) is 59.2 Å². The molecule has 43 heavy (non-hydrogen) atoms. The standard InChI is InChI=1S/C32H42N6O5/c1-34-30(41)10-9-28(22-40)35(2)32(43)29-19-27(8-5-25(29)21-39)38-17-15-36(16-18-38)20-23-11-13-37(14-12-23)26-6-3-24(4-7-26)31(33)42/h3-8,19,21-23,28H,9-18,20H2,1-2H3,(H2,33,42)(H,34,41). The summed E-state index contributed by atoms with van der Waals surface area (Å²) in [6.07, 6.45) is 3.85. The molecule has 0 saturated carbocycles. The molecule has 0 radical (unpaired) electrons. The molecule has 2 aliphatic heterocycles. The molecule has 0 aromatic heterocycles. The molecule has 4 rings (SSSR count). The van der Waals surface area contributed by atoms with Crippen LogP contribution in [-0.4, -0.2) is 106 Å². The van der Waals surface area contributed by atoms with Gasteiger partial charge in [-0.1, -0.05) is 0 Å². The number of anilines is 2. The Hall–Kier alpha value is -4.25. The maximum atomic E-state index is 13.4. The first-order chi connectivity index (χ1) is 20.7. The van der Waals surface area contributed by atoms with Crippen molar-refractivity contribution in [1.29, 1.82) is 0 Å². The molecule has 2 aromatic carbocycles. The highest BCUT2D eigenvalue weighted by Crippen LogP contribution is 2.26. The molecule has 0 aliphatic carbocycles. The van der Waals surface area contributed by atoms with E-state index in [2.05, 4.69) is 20.0 Å². The molecular formula is C32H42N6O5. The van der Waals surface area contributed by atoms with Gasteiger partial charge in [-0.2, -0.15) is 0 Å². The minimum absolute atomic E-state index is 0.119. The van der Waals surface area contributed by atoms with Crippen molar-refractivity contribution in [3.8, 4) is 0 Å². The summed E-state index contributed by atoms with van der Waals surface area (Å²) in [4.78, 5) is 68.2. The fourth-order valence-electron chi connectivity index (χ4n) is 5.89. The summed E-state index contributed by atoms with van der Waals surface area (Å²) in [5.41, 5.74) is 8.38. The van der Waals surface area contributed by atoms with Crippen LogP contribution in [0.5, 0.6) is 0 Å².